The normalized spacial score (nSPS) is 13.0. The number of rotatable bonds is 6. The molecule has 5 rings (SSSR count). The lowest BCUT2D eigenvalue weighted by atomic mass is 10.1. The van der Waals surface area contributed by atoms with E-state index in [0.29, 0.717) is 11.4 Å². The summed E-state index contributed by atoms with van der Waals surface area (Å²) in [5, 5.41) is 4.37. The molecule has 0 unspecified atom stereocenters. The maximum Gasteiger partial charge on any atom is 0.412 e. The summed E-state index contributed by atoms with van der Waals surface area (Å²) in [7, 11) is 1.64. The smallest absolute Gasteiger partial charge is 0.412 e. The highest BCUT2D eigenvalue weighted by atomic mass is 32.1. The van der Waals surface area contributed by atoms with Gasteiger partial charge in [0.25, 0.3) is 0 Å². The van der Waals surface area contributed by atoms with Gasteiger partial charge in [0.15, 0.2) is 0 Å². The topological polar surface area (TPSA) is 78.3 Å². The largest absolute Gasteiger partial charge is 0.496 e. The number of anilines is 1. The van der Waals surface area contributed by atoms with E-state index in [9.17, 15) is 4.79 Å². The van der Waals surface area contributed by atoms with Crippen molar-refractivity contribution in [1.82, 2.24) is 14.5 Å². The number of hydrogen-bond acceptors (Lipinski definition) is 6. The van der Waals surface area contributed by atoms with Gasteiger partial charge in [-0.2, -0.15) is 0 Å². The molecule has 170 valence electrons. The third-order valence-corrected chi connectivity index (χ3v) is 6.93. The molecule has 1 aliphatic rings. The fourth-order valence-corrected chi connectivity index (χ4v) is 5.28. The second kappa shape index (κ2) is 9.23. The van der Waals surface area contributed by atoms with Crippen LogP contribution in [0, 0.1) is 0 Å². The standard InChI is InChI=1S/C25H26N4O3S/c1-3-18-24(33-23(27-18)17-8-4-5-9-21(17)31-2)28-25(30)32-15-16-11-12-20-19(14-16)26-22-10-6-7-13-29(20)22/h4-5,8-9,11-12,14H,3,6-7,10,13,15H2,1-2H3,(H,28,30). The molecule has 1 N–H and O–H groups in total. The number of fused-ring (bicyclic) bond motifs is 3. The lowest BCUT2D eigenvalue weighted by Gasteiger charge is -2.13. The van der Waals surface area contributed by atoms with E-state index in [2.05, 4.69) is 16.0 Å². The number of nitrogens with one attached hydrogen (secondary N) is 1. The van der Waals surface area contributed by atoms with Crippen molar-refractivity contribution in [3.63, 3.8) is 0 Å². The third kappa shape index (κ3) is 4.30. The van der Waals surface area contributed by atoms with Crippen molar-refractivity contribution < 1.29 is 14.3 Å². The number of hydrogen-bond donors (Lipinski definition) is 1. The zero-order chi connectivity index (χ0) is 22.8. The summed E-state index contributed by atoms with van der Waals surface area (Å²) in [4.78, 5) is 22.0. The van der Waals surface area contributed by atoms with E-state index in [0.717, 1.165) is 57.4 Å². The molecular formula is C25H26N4O3S. The number of amides is 1. The fraction of sp³-hybridized carbons (Fsp3) is 0.320. The van der Waals surface area contributed by atoms with Crippen LogP contribution in [0.3, 0.4) is 0 Å². The van der Waals surface area contributed by atoms with Crippen LogP contribution in [0.4, 0.5) is 9.80 Å². The van der Waals surface area contributed by atoms with Crippen LogP contribution in [-0.4, -0.2) is 27.7 Å². The minimum absolute atomic E-state index is 0.184. The number of nitrogens with zero attached hydrogens (tertiary/aromatic N) is 3. The predicted octanol–water partition coefficient (Wildman–Crippen LogP) is 5.82. The second-order valence-electron chi connectivity index (χ2n) is 8.01. The lowest BCUT2D eigenvalue weighted by Crippen LogP contribution is -2.13. The van der Waals surface area contributed by atoms with Crippen molar-refractivity contribution >= 4 is 33.5 Å². The van der Waals surface area contributed by atoms with Gasteiger partial charge in [0.1, 0.15) is 28.2 Å². The Kier molecular flexibility index (Phi) is 6.00. The molecule has 1 aliphatic heterocycles. The molecule has 0 fully saturated rings. The Bertz CT molecular complexity index is 1310. The maximum atomic E-state index is 12.5. The first-order valence-electron chi connectivity index (χ1n) is 11.2. The average molecular weight is 463 g/mol. The highest BCUT2D eigenvalue weighted by molar-refractivity contribution is 7.19. The molecule has 8 heteroatoms. The molecule has 4 aromatic rings. The summed E-state index contributed by atoms with van der Waals surface area (Å²) in [5.41, 5.74) is 4.76. The number of imidazole rings is 1. The summed E-state index contributed by atoms with van der Waals surface area (Å²) in [6.45, 7) is 3.22. The first-order valence-corrected chi connectivity index (χ1v) is 12.0. The molecule has 0 spiro atoms. The van der Waals surface area contributed by atoms with Gasteiger partial charge in [0.2, 0.25) is 0 Å². The number of carbonyl (C=O) groups is 1. The highest BCUT2D eigenvalue weighted by Gasteiger charge is 2.18. The number of methoxy groups -OCH3 is 1. The van der Waals surface area contributed by atoms with E-state index in [4.69, 9.17) is 19.4 Å². The molecule has 1 amide bonds. The lowest BCUT2D eigenvalue weighted by molar-refractivity contribution is 0.155. The fourth-order valence-electron chi connectivity index (χ4n) is 4.21. The zero-order valence-corrected chi connectivity index (χ0v) is 19.6. The van der Waals surface area contributed by atoms with Crippen molar-refractivity contribution in [3.05, 3.63) is 59.5 Å². The van der Waals surface area contributed by atoms with Crippen molar-refractivity contribution in [2.24, 2.45) is 0 Å². The van der Waals surface area contributed by atoms with E-state index in [1.807, 2.05) is 43.3 Å². The summed E-state index contributed by atoms with van der Waals surface area (Å²) in [6, 6.07) is 13.8. The summed E-state index contributed by atoms with van der Waals surface area (Å²) in [5.74, 6) is 1.90. The van der Waals surface area contributed by atoms with Crippen LogP contribution in [0.1, 0.15) is 36.8 Å². The van der Waals surface area contributed by atoms with Crippen molar-refractivity contribution in [3.8, 4) is 16.3 Å². The van der Waals surface area contributed by atoms with Gasteiger partial charge in [-0.1, -0.05) is 36.5 Å². The Labute approximate surface area is 196 Å². The monoisotopic (exact) mass is 462 g/mol. The SMILES string of the molecule is CCc1nc(-c2ccccc2OC)sc1NC(=O)OCc1ccc2c(c1)nc1n2CCCC1. The molecule has 33 heavy (non-hydrogen) atoms. The zero-order valence-electron chi connectivity index (χ0n) is 18.8. The average Bonchev–Trinajstić information content (AvgIpc) is 3.43. The van der Waals surface area contributed by atoms with E-state index in [1.165, 1.54) is 24.2 Å². The Morgan fingerprint density at radius 2 is 2.06 bits per heavy atom. The van der Waals surface area contributed by atoms with Gasteiger partial charge >= 0.3 is 6.09 Å². The molecule has 0 saturated heterocycles. The van der Waals surface area contributed by atoms with Crippen LogP contribution in [0.5, 0.6) is 5.75 Å². The number of para-hydroxylation sites is 1. The van der Waals surface area contributed by atoms with Crippen LogP contribution in [0.25, 0.3) is 21.6 Å². The van der Waals surface area contributed by atoms with Crippen LogP contribution in [-0.2, 0) is 30.7 Å². The van der Waals surface area contributed by atoms with Gasteiger partial charge in [0, 0.05) is 13.0 Å². The maximum absolute atomic E-state index is 12.5. The molecular weight excluding hydrogens is 436 g/mol. The summed E-state index contributed by atoms with van der Waals surface area (Å²) in [6.07, 6.45) is 3.61. The Morgan fingerprint density at radius 3 is 2.91 bits per heavy atom. The minimum atomic E-state index is -0.496. The summed E-state index contributed by atoms with van der Waals surface area (Å²) < 4.78 is 13.3. The van der Waals surface area contributed by atoms with Gasteiger partial charge in [-0.05, 0) is 49.1 Å². The number of carbonyl (C=O) groups excluding carboxylic acids is 1. The van der Waals surface area contributed by atoms with E-state index in [-0.39, 0.29) is 6.61 Å². The van der Waals surface area contributed by atoms with Crippen molar-refractivity contribution in [2.75, 3.05) is 12.4 Å². The molecule has 0 atom stereocenters. The summed E-state index contributed by atoms with van der Waals surface area (Å²) >= 11 is 1.42. The van der Waals surface area contributed by atoms with Gasteiger partial charge in [-0.3, -0.25) is 5.32 Å². The number of aromatic nitrogens is 3. The van der Waals surface area contributed by atoms with Gasteiger partial charge in [-0.15, -0.1) is 0 Å². The predicted molar refractivity (Wildman–Crippen MR) is 130 cm³/mol. The third-order valence-electron chi connectivity index (χ3n) is 5.88. The van der Waals surface area contributed by atoms with E-state index in [1.54, 1.807) is 7.11 Å². The van der Waals surface area contributed by atoms with Crippen molar-refractivity contribution in [2.45, 2.75) is 45.8 Å². The van der Waals surface area contributed by atoms with Crippen LogP contribution >= 0.6 is 11.3 Å². The van der Waals surface area contributed by atoms with E-state index < -0.39 is 6.09 Å². The van der Waals surface area contributed by atoms with Gasteiger partial charge in [-0.25, -0.2) is 14.8 Å². The molecule has 0 saturated carbocycles. The quantitative estimate of drug-likeness (QED) is 0.391. The Balaban J connectivity index is 1.28. The van der Waals surface area contributed by atoms with Gasteiger partial charge in [0.05, 0.1) is 29.4 Å². The molecule has 0 bridgehead atoms. The first-order chi connectivity index (χ1) is 16.2. The molecule has 0 radical (unpaired) electrons. The number of aryl methyl sites for hydroxylation is 3. The van der Waals surface area contributed by atoms with Crippen LogP contribution in [0.2, 0.25) is 0 Å². The van der Waals surface area contributed by atoms with Crippen LogP contribution < -0.4 is 10.1 Å². The first kappa shape index (κ1) is 21.5. The number of ether oxygens (including phenoxy) is 2. The van der Waals surface area contributed by atoms with E-state index >= 15 is 0 Å². The Morgan fingerprint density at radius 1 is 1.18 bits per heavy atom. The molecule has 3 heterocycles. The second-order valence-corrected chi connectivity index (χ2v) is 9.01. The highest BCUT2D eigenvalue weighted by Crippen LogP contribution is 2.37. The molecule has 0 aliphatic carbocycles. The molecule has 2 aromatic heterocycles. The Hall–Kier alpha value is -3.39. The van der Waals surface area contributed by atoms with Crippen LogP contribution in [0.15, 0.2) is 42.5 Å². The van der Waals surface area contributed by atoms with Gasteiger partial charge < -0.3 is 14.0 Å². The molecule has 2 aromatic carbocycles. The molecule has 7 nitrogen and oxygen atoms in total. The minimum Gasteiger partial charge on any atom is -0.496 e. The number of benzene rings is 2. The number of thiazole rings is 1. The van der Waals surface area contributed by atoms with Crippen molar-refractivity contribution in [1.29, 1.82) is 0 Å².